The minimum absolute atomic E-state index is 0.297. The number of pyridine rings is 1. The first-order chi connectivity index (χ1) is 10.7. The number of hydrogen-bond acceptors (Lipinski definition) is 4. The highest BCUT2D eigenvalue weighted by Crippen LogP contribution is 2.13. The number of carbonyl (C=O) groups excluding carboxylic acids is 1. The van der Waals surface area contributed by atoms with Crippen LogP contribution in [0.5, 0.6) is 0 Å². The van der Waals surface area contributed by atoms with Crippen molar-refractivity contribution >= 4 is 17.3 Å². The summed E-state index contributed by atoms with van der Waals surface area (Å²) in [6.45, 7) is 2.99. The fourth-order valence-electron chi connectivity index (χ4n) is 1.94. The third-order valence-electron chi connectivity index (χ3n) is 3.10. The zero-order valence-corrected chi connectivity index (χ0v) is 12.5. The highest BCUT2D eigenvalue weighted by Gasteiger charge is 2.08. The van der Waals surface area contributed by atoms with Crippen molar-refractivity contribution in [3.8, 4) is 6.07 Å². The molecule has 0 saturated heterocycles. The maximum absolute atomic E-state index is 12.2. The SMILES string of the molecule is CCCCNc1ccnc(C(=O)Nc2cccc(C#N)c2)c1. The van der Waals surface area contributed by atoms with Crippen molar-refractivity contribution in [1.29, 1.82) is 5.26 Å². The van der Waals surface area contributed by atoms with E-state index in [9.17, 15) is 4.79 Å². The number of nitriles is 1. The van der Waals surface area contributed by atoms with E-state index in [1.54, 1.807) is 36.5 Å². The van der Waals surface area contributed by atoms with Crippen LogP contribution in [0, 0.1) is 11.3 Å². The molecule has 0 aliphatic heterocycles. The molecule has 0 atom stereocenters. The lowest BCUT2D eigenvalue weighted by Gasteiger charge is -2.08. The molecule has 2 N–H and O–H groups in total. The number of hydrogen-bond donors (Lipinski definition) is 2. The van der Waals surface area contributed by atoms with Gasteiger partial charge >= 0.3 is 0 Å². The molecule has 0 radical (unpaired) electrons. The molecule has 1 aromatic carbocycles. The van der Waals surface area contributed by atoms with Gasteiger partial charge in [0.15, 0.2) is 0 Å². The first kappa shape index (κ1) is 15.5. The average molecular weight is 294 g/mol. The standard InChI is InChI=1S/C17H18N4O/c1-2-3-8-19-14-7-9-20-16(11-14)17(22)21-15-6-4-5-13(10-15)12-18/h4-7,9-11H,2-3,8H2,1H3,(H,19,20)(H,21,22). The Morgan fingerprint density at radius 3 is 2.91 bits per heavy atom. The van der Waals surface area contributed by atoms with Gasteiger partial charge in [0.05, 0.1) is 11.6 Å². The minimum atomic E-state index is -0.297. The minimum Gasteiger partial charge on any atom is -0.385 e. The smallest absolute Gasteiger partial charge is 0.274 e. The lowest BCUT2D eigenvalue weighted by Crippen LogP contribution is -2.14. The van der Waals surface area contributed by atoms with E-state index in [0.717, 1.165) is 25.1 Å². The Balaban J connectivity index is 2.05. The molecule has 1 heterocycles. The Morgan fingerprint density at radius 2 is 2.14 bits per heavy atom. The van der Waals surface area contributed by atoms with E-state index in [0.29, 0.717) is 16.9 Å². The Hall–Kier alpha value is -2.87. The van der Waals surface area contributed by atoms with Gasteiger partial charge in [0, 0.05) is 24.1 Å². The Bertz CT molecular complexity index is 691. The molecule has 2 aromatic rings. The quantitative estimate of drug-likeness (QED) is 0.800. The molecule has 22 heavy (non-hydrogen) atoms. The maximum Gasteiger partial charge on any atom is 0.274 e. The number of rotatable bonds is 6. The topological polar surface area (TPSA) is 77.8 Å². The molecule has 0 spiro atoms. The number of anilines is 2. The summed E-state index contributed by atoms with van der Waals surface area (Å²) in [6.07, 6.45) is 3.79. The summed E-state index contributed by atoms with van der Waals surface area (Å²) in [5, 5.41) is 14.9. The van der Waals surface area contributed by atoms with Gasteiger partial charge in [-0.2, -0.15) is 5.26 Å². The van der Waals surface area contributed by atoms with Crippen LogP contribution in [0.1, 0.15) is 35.8 Å². The second kappa shape index (κ2) is 7.79. The van der Waals surface area contributed by atoms with E-state index in [1.165, 1.54) is 0 Å². The summed E-state index contributed by atoms with van der Waals surface area (Å²) in [7, 11) is 0. The van der Waals surface area contributed by atoms with Crippen molar-refractivity contribution in [3.05, 3.63) is 53.9 Å². The van der Waals surface area contributed by atoms with Crippen LogP contribution in [0.4, 0.5) is 11.4 Å². The molecule has 0 aliphatic carbocycles. The largest absolute Gasteiger partial charge is 0.385 e. The number of amides is 1. The Labute approximate surface area is 130 Å². The van der Waals surface area contributed by atoms with Crippen molar-refractivity contribution in [3.63, 3.8) is 0 Å². The molecule has 1 amide bonds. The van der Waals surface area contributed by atoms with Crippen molar-refractivity contribution in [2.75, 3.05) is 17.2 Å². The van der Waals surface area contributed by atoms with Gasteiger partial charge in [0.2, 0.25) is 0 Å². The highest BCUT2D eigenvalue weighted by atomic mass is 16.1. The third kappa shape index (κ3) is 4.32. The molecule has 0 unspecified atom stereocenters. The molecule has 0 saturated carbocycles. The lowest BCUT2D eigenvalue weighted by molar-refractivity contribution is 0.102. The third-order valence-corrected chi connectivity index (χ3v) is 3.10. The molecule has 2 rings (SSSR count). The van der Waals surface area contributed by atoms with E-state index in [4.69, 9.17) is 5.26 Å². The average Bonchev–Trinajstić information content (AvgIpc) is 2.55. The summed E-state index contributed by atoms with van der Waals surface area (Å²) in [4.78, 5) is 16.3. The van der Waals surface area contributed by atoms with Crippen LogP contribution in [-0.4, -0.2) is 17.4 Å². The van der Waals surface area contributed by atoms with Crippen LogP contribution in [-0.2, 0) is 0 Å². The van der Waals surface area contributed by atoms with Gasteiger partial charge in [0.1, 0.15) is 5.69 Å². The van der Waals surface area contributed by atoms with E-state index in [2.05, 4.69) is 22.5 Å². The van der Waals surface area contributed by atoms with E-state index in [1.807, 2.05) is 12.1 Å². The summed E-state index contributed by atoms with van der Waals surface area (Å²) < 4.78 is 0. The number of unbranched alkanes of at least 4 members (excludes halogenated alkanes) is 1. The molecular weight excluding hydrogens is 276 g/mol. The fourth-order valence-corrected chi connectivity index (χ4v) is 1.94. The van der Waals surface area contributed by atoms with Gasteiger partial charge in [-0.05, 0) is 36.8 Å². The first-order valence-electron chi connectivity index (χ1n) is 7.24. The van der Waals surface area contributed by atoms with Crippen molar-refractivity contribution < 1.29 is 4.79 Å². The summed E-state index contributed by atoms with van der Waals surface area (Å²) in [5.41, 5.74) is 2.29. The maximum atomic E-state index is 12.2. The zero-order valence-electron chi connectivity index (χ0n) is 12.5. The zero-order chi connectivity index (χ0) is 15.8. The molecule has 0 aliphatic rings. The lowest BCUT2D eigenvalue weighted by atomic mass is 10.2. The molecule has 112 valence electrons. The van der Waals surface area contributed by atoms with Crippen LogP contribution < -0.4 is 10.6 Å². The summed E-state index contributed by atoms with van der Waals surface area (Å²) >= 11 is 0. The van der Waals surface area contributed by atoms with Crippen LogP contribution in [0.25, 0.3) is 0 Å². The number of benzene rings is 1. The van der Waals surface area contributed by atoms with E-state index in [-0.39, 0.29) is 5.91 Å². The van der Waals surface area contributed by atoms with Crippen LogP contribution in [0.3, 0.4) is 0 Å². The summed E-state index contributed by atoms with van der Waals surface area (Å²) in [5.74, 6) is -0.297. The van der Waals surface area contributed by atoms with Gasteiger partial charge in [-0.25, -0.2) is 0 Å². The number of nitrogens with one attached hydrogen (secondary N) is 2. The second-order valence-electron chi connectivity index (χ2n) is 4.86. The fraction of sp³-hybridized carbons (Fsp3) is 0.235. The number of nitrogens with zero attached hydrogens (tertiary/aromatic N) is 2. The monoisotopic (exact) mass is 294 g/mol. The van der Waals surface area contributed by atoms with Crippen LogP contribution >= 0.6 is 0 Å². The van der Waals surface area contributed by atoms with Gasteiger partial charge in [-0.1, -0.05) is 19.4 Å². The van der Waals surface area contributed by atoms with Gasteiger partial charge < -0.3 is 10.6 Å². The molecule has 1 aromatic heterocycles. The normalized spacial score (nSPS) is 9.82. The first-order valence-corrected chi connectivity index (χ1v) is 7.24. The second-order valence-corrected chi connectivity index (χ2v) is 4.86. The van der Waals surface area contributed by atoms with Crippen LogP contribution in [0.15, 0.2) is 42.6 Å². The van der Waals surface area contributed by atoms with E-state index < -0.39 is 0 Å². The van der Waals surface area contributed by atoms with E-state index >= 15 is 0 Å². The predicted molar refractivity (Wildman–Crippen MR) is 86.7 cm³/mol. The molecule has 5 heteroatoms. The molecule has 0 bridgehead atoms. The molecule has 0 fully saturated rings. The van der Waals surface area contributed by atoms with Crippen LogP contribution in [0.2, 0.25) is 0 Å². The molecular formula is C17H18N4O. The number of carbonyl (C=O) groups is 1. The Morgan fingerprint density at radius 1 is 1.27 bits per heavy atom. The Kier molecular flexibility index (Phi) is 5.50. The number of aromatic nitrogens is 1. The highest BCUT2D eigenvalue weighted by molar-refractivity contribution is 6.03. The van der Waals surface area contributed by atoms with Gasteiger partial charge in [-0.3, -0.25) is 9.78 Å². The van der Waals surface area contributed by atoms with Crippen molar-refractivity contribution in [2.45, 2.75) is 19.8 Å². The van der Waals surface area contributed by atoms with Crippen molar-refractivity contribution in [2.24, 2.45) is 0 Å². The van der Waals surface area contributed by atoms with Gasteiger partial charge in [-0.15, -0.1) is 0 Å². The predicted octanol–water partition coefficient (Wildman–Crippen LogP) is 3.42. The molecule has 5 nitrogen and oxygen atoms in total. The van der Waals surface area contributed by atoms with Crippen molar-refractivity contribution in [1.82, 2.24) is 4.98 Å². The summed E-state index contributed by atoms with van der Waals surface area (Å²) in [6, 6.07) is 12.4. The van der Waals surface area contributed by atoms with Gasteiger partial charge in [0.25, 0.3) is 5.91 Å².